The zero-order valence-corrected chi connectivity index (χ0v) is 13.8. The van der Waals surface area contributed by atoms with Crippen LogP contribution in [0, 0.1) is 0 Å². The fourth-order valence-corrected chi connectivity index (χ4v) is 1.31. The Bertz CT molecular complexity index is 236. The molecule has 0 aromatic carbocycles. The Labute approximate surface area is 133 Å². The first kappa shape index (κ1) is 21.4. The monoisotopic (exact) mass is 322 g/mol. The van der Waals surface area contributed by atoms with Gasteiger partial charge in [0.15, 0.2) is 5.78 Å². The predicted octanol–water partition coefficient (Wildman–Crippen LogP) is 0.695. The fourth-order valence-electron chi connectivity index (χ4n) is 1.31. The third kappa shape index (κ3) is 17.5. The average Bonchev–Trinajstić information content (AvgIpc) is 2.54. The number of Topliss-reactive ketones (excluding diaryl/α,β-unsaturated/α-hetero) is 1. The molecular weight excluding hydrogens is 292 g/mol. The first-order chi connectivity index (χ1) is 10.8. The molecule has 0 spiro atoms. The zero-order chi connectivity index (χ0) is 16.3. The molecule has 0 aliphatic heterocycles. The number of ether oxygens (including phenoxy) is 6. The normalized spacial score (nSPS) is 11.0. The van der Waals surface area contributed by atoms with Crippen LogP contribution in [0.25, 0.3) is 0 Å². The molecule has 0 fully saturated rings. The lowest BCUT2D eigenvalue weighted by atomic mass is 10.3. The maximum absolute atomic E-state index is 10.9. The molecule has 7 heteroatoms. The van der Waals surface area contributed by atoms with E-state index in [1.807, 2.05) is 6.92 Å². The van der Waals surface area contributed by atoms with Crippen molar-refractivity contribution < 1.29 is 33.2 Å². The van der Waals surface area contributed by atoms with Crippen LogP contribution in [-0.4, -0.2) is 85.6 Å². The molecule has 0 atom stereocenters. The molecule has 0 N–H and O–H groups in total. The van der Waals surface area contributed by atoms with E-state index in [2.05, 4.69) is 0 Å². The Morgan fingerprint density at radius 3 is 1.36 bits per heavy atom. The molecule has 0 saturated carbocycles. The van der Waals surface area contributed by atoms with E-state index in [0.29, 0.717) is 72.5 Å². The van der Waals surface area contributed by atoms with E-state index in [1.54, 1.807) is 7.11 Å². The smallest absolute Gasteiger partial charge is 0.158 e. The van der Waals surface area contributed by atoms with Crippen molar-refractivity contribution in [3.63, 3.8) is 0 Å². The van der Waals surface area contributed by atoms with Crippen LogP contribution in [-0.2, 0) is 33.2 Å². The molecular formula is C15H30O7. The Morgan fingerprint density at radius 2 is 1.00 bits per heavy atom. The van der Waals surface area contributed by atoms with Crippen LogP contribution in [0.2, 0.25) is 0 Å². The van der Waals surface area contributed by atoms with Crippen molar-refractivity contribution in [1.29, 1.82) is 0 Å². The van der Waals surface area contributed by atoms with E-state index >= 15 is 0 Å². The molecule has 0 aliphatic rings. The average molecular weight is 322 g/mol. The van der Waals surface area contributed by atoms with Crippen molar-refractivity contribution in [3.05, 3.63) is 0 Å². The van der Waals surface area contributed by atoms with Gasteiger partial charge in [-0.3, -0.25) is 4.79 Å². The number of ketones is 1. The van der Waals surface area contributed by atoms with Gasteiger partial charge in [-0.2, -0.15) is 0 Å². The number of carbonyl (C=O) groups is 1. The van der Waals surface area contributed by atoms with Gasteiger partial charge in [-0.1, -0.05) is 6.92 Å². The molecule has 0 rings (SSSR count). The topological polar surface area (TPSA) is 72.5 Å². The van der Waals surface area contributed by atoms with Crippen LogP contribution in [0.15, 0.2) is 0 Å². The summed E-state index contributed by atoms with van der Waals surface area (Å²) >= 11 is 0. The second-order valence-corrected chi connectivity index (χ2v) is 4.39. The Morgan fingerprint density at radius 1 is 0.636 bits per heavy atom. The summed E-state index contributed by atoms with van der Waals surface area (Å²) in [7, 11) is 1.64. The van der Waals surface area contributed by atoms with E-state index in [0.717, 1.165) is 0 Å². The van der Waals surface area contributed by atoms with Crippen molar-refractivity contribution in [2.75, 3.05) is 79.8 Å². The van der Waals surface area contributed by atoms with Crippen LogP contribution in [0.5, 0.6) is 0 Å². The van der Waals surface area contributed by atoms with Crippen molar-refractivity contribution in [2.45, 2.75) is 13.3 Å². The highest BCUT2D eigenvalue weighted by Crippen LogP contribution is 1.86. The second-order valence-electron chi connectivity index (χ2n) is 4.39. The highest BCUT2D eigenvalue weighted by molar-refractivity contribution is 5.79. The standard InChI is InChI=1S/C15H30O7/c1-3-15(16)14-22-13-12-21-11-10-20-9-8-19-7-6-18-5-4-17-2/h3-14H2,1-2H3. The molecule has 132 valence electrons. The number of hydrogen-bond donors (Lipinski definition) is 0. The van der Waals surface area contributed by atoms with E-state index in [9.17, 15) is 4.79 Å². The van der Waals surface area contributed by atoms with E-state index < -0.39 is 0 Å². The molecule has 0 bridgehead atoms. The Hall–Kier alpha value is -0.570. The number of methoxy groups -OCH3 is 1. The SMILES string of the molecule is CCC(=O)COCCOCCOCCOCCOCCOC. The van der Waals surface area contributed by atoms with Crippen LogP contribution in [0.1, 0.15) is 13.3 Å². The largest absolute Gasteiger partial charge is 0.382 e. The molecule has 0 heterocycles. The first-order valence-corrected chi connectivity index (χ1v) is 7.70. The fraction of sp³-hybridized carbons (Fsp3) is 0.933. The second kappa shape index (κ2) is 18.5. The summed E-state index contributed by atoms with van der Waals surface area (Å²) in [5.41, 5.74) is 0. The van der Waals surface area contributed by atoms with Gasteiger partial charge in [0.1, 0.15) is 6.61 Å². The van der Waals surface area contributed by atoms with Crippen LogP contribution in [0.3, 0.4) is 0 Å². The minimum atomic E-state index is 0.104. The molecule has 7 nitrogen and oxygen atoms in total. The Kier molecular flexibility index (Phi) is 18.0. The van der Waals surface area contributed by atoms with Crippen molar-refractivity contribution in [2.24, 2.45) is 0 Å². The quantitative estimate of drug-likeness (QED) is 0.344. The number of carbonyl (C=O) groups excluding carboxylic acids is 1. The maximum Gasteiger partial charge on any atom is 0.158 e. The summed E-state index contributed by atoms with van der Waals surface area (Å²) < 4.78 is 31.2. The van der Waals surface area contributed by atoms with Gasteiger partial charge in [0.2, 0.25) is 0 Å². The van der Waals surface area contributed by atoms with Gasteiger partial charge in [-0.25, -0.2) is 0 Å². The van der Waals surface area contributed by atoms with Gasteiger partial charge in [0.25, 0.3) is 0 Å². The summed E-state index contributed by atoms with van der Waals surface area (Å²) in [4.78, 5) is 10.9. The van der Waals surface area contributed by atoms with Crippen LogP contribution >= 0.6 is 0 Å². The van der Waals surface area contributed by atoms with Gasteiger partial charge in [0.05, 0.1) is 66.1 Å². The third-order valence-electron chi connectivity index (χ3n) is 2.58. The summed E-state index contributed by atoms with van der Waals surface area (Å²) in [5.74, 6) is 0.104. The van der Waals surface area contributed by atoms with Gasteiger partial charge in [-0.15, -0.1) is 0 Å². The van der Waals surface area contributed by atoms with E-state index in [-0.39, 0.29) is 12.4 Å². The molecule has 0 aromatic heterocycles. The summed E-state index contributed by atoms with van der Waals surface area (Å²) in [5, 5.41) is 0. The molecule has 0 amide bonds. The maximum atomic E-state index is 10.9. The summed E-state index contributed by atoms with van der Waals surface area (Å²) in [6.45, 7) is 7.28. The highest BCUT2D eigenvalue weighted by Gasteiger charge is 1.97. The minimum Gasteiger partial charge on any atom is -0.382 e. The zero-order valence-electron chi connectivity index (χ0n) is 13.8. The highest BCUT2D eigenvalue weighted by atomic mass is 16.6. The van der Waals surface area contributed by atoms with Crippen LogP contribution < -0.4 is 0 Å². The molecule has 0 aromatic rings. The van der Waals surface area contributed by atoms with Crippen molar-refractivity contribution in [1.82, 2.24) is 0 Å². The van der Waals surface area contributed by atoms with E-state index in [1.165, 1.54) is 0 Å². The Balaban J connectivity index is 2.98. The lowest BCUT2D eigenvalue weighted by Gasteiger charge is -2.07. The van der Waals surface area contributed by atoms with Gasteiger partial charge in [0, 0.05) is 13.5 Å². The molecule has 0 saturated heterocycles. The summed E-state index contributed by atoms with van der Waals surface area (Å²) in [6, 6.07) is 0. The molecule has 0 unspecified atom stereocenters. The predicted molar refractivity (Wildman–Crippen MR) is 81.3 cm³/mol. The summed E-state index contributed by atoms with van der Waals surface area (Å²) in [6.07, 6.45) is 0.510. The van der Waals surface area contributed by atoms with Crippen molar-refractivity contribution in [3.8, 4) is 0 Å². The van der Waals surface area contributed by atoms with Gasteiger partial charge >= 0.3 is 0 Å². The lowest BCUT2D eigenvalue weighted by Crippen LogP contribution is -2.15. The van der Waals surface area contributed by atoms with Gasteiger partial charge in [-0.05, 0) is 0 Å². The lowest BCUT2D eigenvalue weighted by molar-refractivity contribution is -0.123. The van der Waals surface area contributed by atoms with Crippen LogP contribution in [0.4, 0.5) is 0 Å². The first-order valence-electron chi connectivity index (χ1n) is 7.70. The number of hydrogen-bond acceptors (Lipinski definition) is 7. The van der Waals surface area contributed by atoms with E-state index in [4.69, 9.17) is 28.4 Å². The third-order valence-corrected chi connectivity index (χ3v) is 2.58. The van der Waals surface area contributed by atoms with Crippen molar-refractivity contribution >= 4 is 5.78 Å². The molecule has 0 aliphatic carbocycles. The minimum absolute atomic E-state index is 0.104. The molecule has 22 heavy (non-hydrogen) atoms. The molecule has 0 radical (unpaired) electrons. The van der Waals surface area contributed by atoms with Gasteiger partial charge < -0.3 is 28.4 Å². The number of rotatable bonds is 18.